The molecule has 2 nitrogen and oxygen atoms in total. The molecule has 22 heavy (non-hydrogen) atoms. The van der Waals surface area contributed by atoms with E-state index in [1.54, 1.807) is 6.07 Å². The first kappa shape index (κ1) is 16.9. The van der Waals surface area contributed by atoms with Gasteiger partial charge in [-0.2, -0.15) is 0 Å². The van der Waals surface area contributed by atoms with E-state index in [0.29, 0.717) is 24.5 Å². The largest absolute Gasteiger partial charge is 0.494 e. The number of ether oxygens (including phenoxy) is 1. The van der Waals surface area contributed by atoms with Crippen molar-refractivity contribution in [3.8, 4) is 5.75 Å². The quantitative estimate of drug-likeness (QED) is 0.698. The molecule has 0 aliphatic rings. The second kappa shape index (κ2) is 8.25. The normalized spacial score (nSPS) is 12.1. The molecule has 1 unspecified atom stereocenters. The first-order chi connectivity index (χ1) is 10.6. The maximum absolute atomic E-state index is 13.6. The molecule has 0 saturated heterocycles. The number of rotatable bonds is 7. The van der Waals surface area contributed by atoms with E-state index in [9.17, 15) is 13.0 Å². The molecule has 0 heterocycles. The molecule has 2 aromatic carbocycles. The molecule has 0 aliphatic heterocycles. The van der Waals surface area contributed by atoms with Crippen LogP contribution in [0.5, 0.6) is 5.75 Å². The van der Waals surface area contributed by atoms with E-state index in [4.69, 9.17) is 16.3 Å². The summed E-state index contributed by atoms with van der Waals surface area (Å²) in [4.78, 5) is 0. The van der Waals surface area contributed by atoms with Crippen molar-refractivity contribution in [1.29, 1.82) is 0 Å². The molecule has 0 spiro atoms. The third-order valence-electron chi connectivity index (χ3n) is 2.97. The summed E-state index contributed by atoms with van der Waals surface area (Å²) in [6.45, 7) is 0.363. The Bertz CT molecular complexity index is 627. The third-order valence-corrected chi connectivity index (χ3v) is 4.67. The summed E-state index contributed by atoms with van der Waals surface area (Å²) in [6.07, 6.45) is 0.552. The van der Waals surface area contributed by atoms with E-state index < -0.39 is 16.6 Å². The summed E-state index contributed by atoms with van der Waals surface area (Å²) in [5, 5.41) is 0.288. The van der Waals surface area contributed by atoms with Crippen molar-refractivity contribution in [2.45, 2.75) is 12.2 Å². The van der Waals surface area contributed by atoms with Crippen LogP contribution < -0.4 is 4.74 Å². The molecular formula is C16H15ClF2O2S. The number of hydrogen-bond acceptors (Lipinski definition) is 2. The maximum atomic E-state index is 13.6. The second-order valence-corrected chi connectivity index (χ2v) is 6.63. The monoisotopic (exact) mass is 344 g/mol. The van der Waals surface area contributed by atoms with Gasteiger partial charge in [-0.15, -0.1) is 0 Å². The zero-order chi connectivity index (χ0) is 15.9. The van der Waals surface area contributed by atoms with Crippen LogP contribution in [0.3, 0.4) is 0 Å². The topological polar surface area (TPSA) is 26.3 Å². The van der Waals surface area contributed by atoms with Gasteiger partial charge in [-0.05, 0) is 42.8 Å². The summed E-state index contributed by atoms with van der Waals surface area (Å²) in [5.74, 6) is 0.261. The van der Waals surface area contributed by atoms with E-state index in [1.807, 2.05) is 0 Å². The minimum Gasteiger partial charge on any atom is -0.494 e. The van der Waals surface area contributed by atoms with Crippen LogP contribution in [-0.4, -0.2) is 16.6 Å². The van der Waals surface area contributed by atoms with E-state index in [2.05, 4.69) is 0 Å². The predicted molar refractivity (Wildman–Crippen MR) is 84.6 cm³/mol. The Morgan fingerprint density at radius 3 is 2.50 bits per heavy atom. The van der Waals surface area contributed by atoms with Crippen LogP contribution >= 0.6 is 11.6 Å². The highest BCUT2D eigenvalue weighted by Gasteiger charge is 2.10. The Hall–Kier alpha value is -1.46. The first-order valence-electron chi connectivity index (χ1n) is 6.72. The standard InChI is InChI=1S/C16H15ClF2O2S/c17-15-3-1-4-16(19)14(15)11-22(20)10-2-9-21-13-7-5-12(18)6-8-13/h1,3-8H,2,9-11H2. The van der Waals surface area contributed by atoms with E-state index in [0.717, 1.165) is 0 Å². The predicted octanol–water partition coefficient (Wildman–Crippen LogP) is 4.34. The zero-order valence-electron chi connectivity index (χ0n) is 11.7. The molecule has 0 amide bonds. The maximum Gasteiger partial charge on any atom is 0.128 e. The fourth-order valence-corrected chi connectivity index (χ4v) is 3.35. The van der Waals surface area contributed by atoms with Crippen LogP contribution in [0.1, 0.15) is 12.0 Å². The zero-order valence-corrected chi connectivity index (χ0v) is 13.3. The van der Waals surface area contributed by atoms with E-state index in [1.165, 1.54) is 36.4 Å². The average Bonchev–Trinajstić information content (AvgIpc) is 2.49. The van der Waals surface area contributed by atoms with Gasteiger partial charge in [-0.25, -0.2) is 8.78 Å². The summed E-state index contributed by atoms with van der Waals surface area (Å²) >= 11 is 5.90. The molecule has 2 aromatic rings. The molecule has 0 aliphatic carbocycles. The fraction of sp³-hybridized carbons (Fsp3) is 0.250. The SMILES string of the molecule is O=S(CCCOc1ccc(F)cc1)Cc1c(F)cccc1Cl. The Balaban J connectivity index is 1.75. The molecule has 0 bridgehead atoms. The van der Waals surface area contributed by atoms with Crippen molar-refractivity contribution < 1.29 is 17.7 Å². The molecule has 0 fully saturated rings. The highest BCUT2D eigenvalue weighted by atomic mass is 35.5. The van der Waals surface area contributed by atoms with Crippen LogP contribution in [0.25, 0.3) is 0 Å². The molecule has 118 valence electrons. The Morgan fingerprint density at radius 1 is 1.09 bits per heavy atom. The second-order valence-electron chi connectivity index (χ2n) is 4.64. The van der Waals surface area contributed by atoms with Crippen LogP contribution in [-0.2, 0) is 16.6 Å². The lowest BCUT2D eigenvalue weighted by atomic mass is 10.2. The summed E-state index contributed by atoms with van der Waals surface area (Å²) < 4.78 is 43.7. The van der Waals surface area contributed by atoms with Crippen LogP contribution in [0.15, 0.2) is 42.5 Å². The third kappa shape index (κ3) is 5.07. The van der Waals surface area contributed by atoms with Gasteiger partial charge in [-0.3, -0.25) is 4.21 Å². The Labute approximate surface area is 135 Å². The summed E-state index contributed by atoms with van der Waals surface area (Å²) in [7, 11) is -1.22. The van der Waals surface area contributed by atoms with Gasteiger partial charge < -0.3 is 4.74 Å². The van der Waals surface area contributed by atoms with Crippen LogP contribution in [0.2, 0.25) is 5.02 Å². The minimum absolute atomic E-state index is 0.0854. The van der Waals surface area contributed by atoms with Gasteiger partial charge in [-0.1, -0.05) is 17.7 Å². The first-order valence-corrected chi connectivity index (χ1v) is 8.59. The number of halogens is 3. The van der Waals surface area contributed by atoms with Gasteiger partial charge in [0.1, 0.15) is 17.4 Å². The van der Waals surface area contributed by atoms with Crippen molar-refractivity contribution >= 4 is 22.4 Å². The number of hydrogen-bond donors (Lipinski definition) is 0. The van der Waals surface area contributed by atoms with Gasteiger partial charge in [0.25, 0.3) is 0 Å². The van der Waals surface area contributed by atoms with Crippen molar-refractivity contribution in [3.05, 3.63) is 64.7 Å². The van der Waals surface area contributed by atoms with Crippen molar-refractivity contribution in [2.75, 3.05) is 12.4 Å². The lowest BCUT2D eigenvalue weighted by Crippen LogP contribution is -2.07. The average molecular weight is 345 g/mol. The van der Waals surface area contributed by atoms with Crippen molar-refractivity contribution in [2.24, 2.45) is 0 Å². The van der Waals surface area contributed by atoms with Crippen LogP contribution in [0, 0.1) is 11.6 Å². The van der Waals surface area contributed by atoms with Crippen molar-refractivity contribution in [3.63, 3.8) is 0 Å². The summed E-state index contributed by atoms with van der Waals surface area (Å²) in [6, 6.07) is 10.1. The fourth-order valence-electron chi connectivity index (χ4n) is 1.84. The highest BCUT2D eigenvalue weighted by molar-refractivity contribution is 7.84. The molecule has 6 heteroatoms. The van der Waals surface area contributed by atoms with Crippen LogP contribution in [0.4, 0.5) is 8.78 Å². The molecule has 0 aromatic heterocycles. The lowest BCUT2D eigenvalue weighted by Gasteiger charge is -2.07. The molecule has 0 N–H and O–H groups in total. The van der Waals surface area contributed by atoms with Crippen molar-refractivity contribution in [1.82, 2.24) is 0 Å². The smallest absolute Gasteiger partial charge is 0.128 e. The van der Waals surface area contributed by atoms with E-state index >= 15 is 0 Å². The van der Waals surface area contributed by atoms with E-state index in [-0.39, 0.29) is 22.2 Å². The Morgan fingerprint density at radius 2 is 1.82 bits per heavy atom. The van der Waals surface area contributed by atoms with Gasteiger partial charge in [0, 0.05) is 27.1 Å². The molecule has 0 saturated carbocycles. The summed E-state index contributed by atoms with van der Waals surface area (Å²) in [5.41, 5.74) is 0.280. The lowest BCUT2D eigenvalue weighted by molar-refractivity contribution is 0.318. The van der Waals surface area contributed by atoms with Gasteiger partial charge in [0.2, 0.25) is 0 Å². The molecule has 0 radical (unpaired) electrons. The van der Waals surface area contributed by atoms with Gasteiger partial charge in [0.15, 0.2) is 0 Å². The van der Waals surface area contributed by atoms with Gasteiger partial charge in [0.05, 0.1) is 12.4 Å². The molecule has 1 atom stereocenters. The highest BCUT2D eigenvalue weighted by Crippen LogP contribution is 2.20. The number of benzene rings is 2. The molecule has 2 rings (SSSR count). The minimum atomic E-state index is -1.22. The Kier molecular flexibility index (Phi) is 6.34. The molecular weight excluding hydrogens is 330 g/mol. The van der Waals surface area contributed by atoms with Gasteiger partial charge >= 0.3 is 0 Å².